The molecule has 1 heterocycles. The summed E-state index contributed by atoms with van der Waals surface area (Å²) < 4.78 is 21.7. The van der Waals surface area contributed by atoms with Gasteiger partial charge in [-0.3, -0.25) is 4.79 Å². The molecule has 6 nitrogen and oxygen atoms in total. The van der Waals surface area contributed by atoms with Crippen LogP contribution in [0, 0.1) is 0 Å². The summed E-state index contributed by atoms with van der Waals surface area (Å²) in [7, 11) is 1.57. The third kappa shape index (κ3) is 4.12. The Morgan fingerprint density at radius 3 is 2.43 bits per heavy atom. The zero-order chi connectivity index (χ0) is 20.9. The highest BCUT2D eigenvalue weighted by molar-refractivity contribution is 6.14. The Morgan fingerprint density at radius 2 is 1.63 bits per heavy atom. The monoisotopic (exact) mass is 404 g/mol. The minimum atomic E-state index is -0.570. The first-order valence-electron chi connectivity index (χ1n) is 9.49. The van der Waals surface area contributed by atoms with Gasteiger partial charge in [-0.1, -0.05) is 30.3 Å². The summed E-state index contributed by atoms with van der Waals surface area (Å²) in [4.78, 5) is 25.8. The zero-order valence-electron chi connectivity index (χ0n) is 16.4. The minimum Gasteiger partial charge on any atom is -0.497 e. The second-order valence-electron chi connectivity index (χ2n) is 6.66. The summed E-state index contributed by atoms with van der Waals surface area (Å²) in [6.07, 6.45) is 0. The van der Waals surface area contributed by atoms with Crippen molar-refractivity contribution in [3.8, 4) is 17.2 Å². The molecule has 0 aliphatic carbocycles. The van der Waals surface area contributed by atoms with E-state index in [1.54, 1.807) is 55.6 Å². The van der Waals surface area contributed by atoms with Crippen molar-refractivity contribution in [2.45, 2.75) is 6.61 Å². The lowest BCUT2D eigenvalue weighted by atomic mass is 9.98. The van der Waals surface area contributed by atoms with Gasteiger partial charge in [-0.2, -0.15) is 0 Å². The summed E-state index contributed by atoms with van der Waals surface area (Å²) in [5, 5.41) is 0. The summed E-state index contributed by atoms with van der Waals surface area (Å²) in [5.74, 6) is 0.937. The van der Waals surface area contributed by atoms with Crippen molar-refractivity contribution >= 4 is 11.8 Å². The molecule has 0 atom stereocenters. The Bertz CT molecular complexity index is 1090. The quantitative estimate of drug-likeness (QED) is 0.456. The van der Waals surface area contributed by atoms with Gasteiger partial charge in [0.25, 0.3) is 0 Å². The molecule has 0 amide bonds. The van der Waals surface area contributed by atoms with E-state index in [2.05, 4.69) is 0 Å². The number of hydrogen-bond donors (Lipinski definition) is 0. The van der Waals surface area contributed by atoms with Crippen LogP contribution in [0.1, 0.15) is 31.8 Å². The lowest BCUT2D eigenvalue weighted by molar-refractivity contribution is 0.0470. The number of ketones is 1. The van der Waals surface area contributed by atoms with Gasteiger partial charge in [-0.15, -0.1) is 0 Å². The van der Waals surface area contributed by atoms with Crippen molar-refractivity contribution in [1.82, 2.24) is 0 Å². The third-order valence-corrected chi connectivity index (χ3v) is 4.70. The van der Waals surface area contributed by atoms with E-state index >= 15 is 0 Å². The summed E-state index contributed by atoms with van der Waals surface area (Å²) >= 11 is 0. The topological polar surface area (TPSA) is 71.1 Å². The van der Waals surface area contributed by atoms with Crippen molar-refractivity contribution in [1.29, 1.82) is 0 Å². The maximum Gasteiger partial charge on any atom is 0.339 e. The minimum absolute atomic E-state index is 0.0720. The molecule has 0 spiro atoms. The SMILES string of the molecule is COc1cccc(COC(=O)c2ccccc2C(=O)c2ccc3c(c2)OCCO3)c1. The lowest BCUT2D eigenvalue weighted by Gasteiger charge is -2.18. The van der Waals surface area contributed by atoms with Crippen molar-refractivity contribution in [3.63, 3.8) is 0 Å². The average molecular weight is 404 g/mol. The van der Waals surface area contributed by atoms with Crippen LogP contribution in [0.4, 0.5) is 0 Å². The molecular weight excluding hydrogens is 384 g/mol. The van der Waals surface area contributed by atoms with Crippen molar-refractivity contribution in [2.24, 2.45) is 0 Å². The maximum atomic E-state index is 13.1. The highest BCUT2D eigenvalue weighted by Crippen LogP contribution is 2.31. The molecule has 1 aliphatic heterocycles. The molecule has 1 aliphatic rings. The number of ether oxygens (including phenoxy) is 4. The third-order valence-electron chi connectivity index (χ3n) is 4.70. The van der Waals surface area contributed by atoms with Crippen LogP contribution in [0.15, 0.2) is 66.7 Å². The van der Waals surface area contributed by atoms with E-state index in [9.17, 15) is 9.59 Å². The molecular formula is C24H20O6. The van der Waals surface area contributed by atoms with E-state index < -0.39 is 5.97 Å². The number of rotatable bonds is 6. The number of benzene rings is 3. The molecule has 0 N–H and O–H groups in total. The predicted octanol–water partition coefficient (Wildman–Crippen LogP) is 4.05. The summed E-state index contributed by atoms with van der Waals surface area (Å²) in [6, 6.07) is 18.9. The van der Waals surface area contributed by atoms with Crippen LogP contribution in [0.3, 0.4) is 0 Å². The second kappa shape index (κ2) is 8.69. The Hall–Kier alpha value is -3.80. The molecule has 0 unspecified atom stereocenters. The second-order valence-corrected chi connectivity index (χ2v) is 6.66. The molecule has 0 radical (unpaired) electrons. The van der Waals surface area contributed by atoms with Gasteiger partial charge in [0.2, 0.25) is 0 Å². The molecule has 3 aromatic rings. The standard InChI is InChI=1S/C24H20O6/c1-27-18-6-4-5-16(13-18)15-30-24(26)20-8-3-2-7-19(20)23(25)17-9-10-21-22(14-17)29-12-11-28-21/h2-10,13-14H,11-12,15H2,1H3. The fourth-order valence-corrected chi connectivity index (χ4v) is 3.19. The van der Waals surface area contributed by atoms with Gasteiger partial charge in [-0.05, 0) is 42.0 Å². The predicted molar refractivity (Wildman–Crippen MR) is 109 cm³/mol. The number of fused-ring (bicyclic) bond motifs is 1. The van der Waals surface area contributed by atoms with E-state index in [1.165, 1.54) is 0 Å². The fraction of sp³-hybridized carbons (Fsp3) is 0.167. The molecule has 6 heteroatoms. The summed E-state index contributed by atoms with van der Waals surface area (Å²) in [6.45, 7) is 0.975. The molecule has 0 saturated carbocycles. The molecule has 0 bridgehead atoms. The summed E-state index contributed by atoms with van der Waals surface area (Å²) in [5.41, 5.74) is 1.68. The highest BCUT2D eigenvalue weighted by Gasteiger charge is 2.21. The Labute approximate surface area is 174 Å². The molecule has 0 aromatic heterocycles. The molecule has 30 heavy (non-hydrogen) atoms. The van der Waals surface area contributed by atoms with Crippen LogP contribution >= 0.6 is 0 Å². The number of hydrogen-bond acceptors (Lipinski definition) is 6. The van der Waals surface area contributed by atoms with Gasteiger partial charge in [-0.25, -0.2) is 4.79 Å². The van der Waals surface area contributed by atoms with E-state index in [0.29, 0.717) is 36.0 Å². The van der Waals surface area contributed by atoms with Gasteiger partial charge < -0.3 is 18.9 Å². The molecule has 0 saturated heterocycles. The number of carbonyl (C=O) groups is 2. The van der Waals surface area contributed by atoms with Crippen LogP contribution in [0.25, 0.3) is 0 Å². The van der Waals surface area contributed by atoms with Crippen molar-refractivity contribution in [2.75, 3.05) is 20.3 Å². The van der Waals surface area contributed by atoms with E-state index in [1.807, 2.05) is 18.2 Å². The van der Waals surface area contributed by atoms with Gasteiger partial charge in [0, 0.05) is 11.1 Å². The van der Waals surface area contributed by atoms with Crippen LogP contribution in [0.5, 0.6) is 17.2 Å². The number of methoxy groups -OCH3 is 1. The first kappa shape index (κ1) is 19.5. The number of carbonyl (C=O) groups excluding carboxylic acids is 2. The largest absolute Gasteiger partial charge is 0.497 e. The van der Waals surface area contributed by atoms with Gasteiger partial charge in [0.1, 0.15) is 25.6 Å². The molecule has 0 fully saturated rings. The van der Waals surface area contributed by atoms with E-state index in [0.717, 1.165) is 5.56 Å². The smallest absolute Gasteiger partial charge is 0.339 e. The van der Waals surface area contributed by atoms with Crippen LogP contribution in [0.2, 0.25) is 0 Å². The highest BCUT2D eigenvalue weighted by atomic mass is 16.6. The van der Waals surface area contributed by atoms with E-state index in [4.69, 9.17) is 18.9 Å². The normalized spacial score (nSPS) is 12.2. The number of esters is 1. The molecule has 152 valence electrons. The lowest BCUT2D eigenvalue weighted by Crippen LogP contribution is -2.16. The van der Waals surface area contributed by atoms with Gasteiger partial charge in [0.15, 0.2) is 17.3 Å². The zero-order valence-corrected chi connectivity index (χ0v) is 16.4. The Kier molecular flexibility index (Phi) is 5.66. The fourth-order valence-electron chi connectivity index (χ4n) is 3.19. The Morgan fingerprint density at radius 1 is 0.867 bits per heavy atom. The van der Waals surface area contributed by atoms with Crippen molar-refractivity contribution < 1.29 is 28.5 Å². The average Bonchev–Trinajstić information content (AvgIpc) is 2.82. The van der Waals surface area contributed by atoms with Crippen LogP contribution < -0.4 is 14.2 Å². The molecule has 4 rings (SSSR count). The van der Waals surface area contributed by atoms with E-state index in [-0.39, 0.29) is 23.5 Å². The first-order valence-corrected chi connectivity index (χ1v) is 9.49. The van der Waals surface area contributed by atoms with Crippen LogP contribution in [-0.2, 0) is 11.3 Å². The Balaban J connectivity index is 1.54. The molecule has 3 aromatic carbocycles. The van der Waals surface area contributed by atoms with Crippen LogP contribution in [-0.4, -0.2) is 32.1 Å². The van der Waals surface area contributed by atoms with Gasteiger partial charge >= 0.3 is 5.97 Å². The van der Waals surface area contributed by atoms with Crippen molar-refractivity contribution in [3.05, 3.63) is 89.0 Å². The maximum absolute atomic E-state index is 13.1. The van der Waals surface area contributed by atoms with Gasteiger partial charge in [0.05, 0.1) is 12.7 Å². The first-order chi connectivity index (χ1) is 14.7.